The predicted molar refractivity (Wildman–Crippen MR) is 206 cm³/mol. The van der Waals surface area contributed by atoms with E-state index in [4.69, 9.17) is 8.85 Å². The first-order valence-electron chi connectivity index (χ1n) is 19.1. The molecule has 0 aromatic rings. The van der Waals surface area contributed by atoms with E-state index in [0.29, 0.717) is 24.0 Å². The summed E-state index contributed by atoms with van der Waals surface area (Å²) in [5, 5.41) is 0.482. The minimum absolute atomic E-state index is 0.159. The smallest absolute Gasteiger partial charge is 0.192 e. The molecular formula is C42H76O2Si2. The number of hydrogen-bond acceptors (Lipinski definition) is 2. The Balaban J connectivity index is 1.63. The summed E-state index contributed by atoms with van der Waals surface area (Å²) in [5.41, 5.74) is 7.25. The van der Waals surface area contributed by atoms with E-state index in [2.05, 4.69) is 135 Å². The van der Waals surface area contributed by atoms with Gasteiger partial charge in [0.25, 0.3) is 0 Å². The fourth-order valence-electron chi connectivity index (χ4n) is 10.4. The standard InChI is InChI=1S/C42H76O2Si2/c1-29-19-23-33-39(9,10)35(43-45(15,16)37(3,4)5)25-27-41(33,13)31(29)21-22-32-30(2)20-24-34-40(11,12)36(26-28-42(32,34)14)44-46(17,18)38(6,7)8/h21-22,33-36H,19-20,23-28H2,1-18H3/b22-21-/t33-,34-,35-,36-,41+,42+/m0/s1. The van der Waals surface area contributed by atoms with E-state index in [1.807, 2.05) is 0 Å². The molecule has 0 saturated heterocycles. The maximum atomic E-state index is 7.22. The molecular weight excluding hydrogens is 593 g/mol. The Kier molecular flexibility index (Phi) is 10.1. The summed E-state index contributed by atoms with van der Waals surface area (Å²) >= 11 is 0. The largest absolute Gasteiger partial charge is 0.413 e. The number of fused-ring (bicyclic) bond motifs is 2. The second-order valence-electron chi connectivity index (χ2n) is 21.2. The molecule has 0 aromatic carbocycles. The fourth-order valence-corrected chi connectivity index (χ4v) is 13.3. The van der Waals surface area contributed by atoms with Gasteiger partial charge in [0.2, 0.25) is 0 Å². The lowest BCUT2D eigenvalue weighted by Gasteiger charge is -2.59. The Morgan fingerprint density at radius 1 is 0.565 bits per heavy atom. The zero-order valence-electron chi connectivity index (χ0n) is 33.9. The number of hydrogen-bond donors (Lipinski definition) is 0. The minimum atomic E-state index is -1.84. The highest BCUT2D eigenvalue weighted by Gasteiger charge is 2.57. The Labute approximate surface area is 289 Å². The average Bonchev–Trinajstić information content (AvgIpc) is 2.87. The third kappa shape index (κ3) is 6.46. The monoisotopic (exact) mass is 669 g/mol. The third-order valence-electron chi connectivity index (χ3n) is 15.5. The van der Waals surface area contributed by atoms with Crippen molar-refractivity contribution in [2.24, 2.45) is 33.5 Å². The summed E-state index contributed by atoms with van der Waals surface area (Å²) < 4.78 is 14.4. The lowest BCUT2D eigenvalue weighted by atomic mass is 9.48. The highest BCUT2D eigenvalue weighted by Crippen LogP contribution is 2.63. The molecule has 2 fully saturated rings. The average molecular weight is 669 g/mol. The molecule has 0 radical (unpaired) electrons. The van der Waals surface area contributed by atoms with Crippen molar-refractivity contribution in [3.8, 4) is 0 Å². The van der Waals surface area contributed by atoms with E-state index in [1.54, 1.807) is 22.3 Å². The van der Waals surface area contributed by atoms with Gasteiger partial charge in [-0.05, 0) is 146 Å². The van der Waals surface area contributed by atoms with Crippen LogP contribution < -0.4 is 0 Å². The Morgan fingerprint density at radius 2 is 0.870 bits per heavy atom. The van der Waals surface area contributed by atoms with Crippen molar-refractivity contribution in [1.29, 1.82) is 0 Å². The van der Waals surface area contributed by atoms with Gasteiger partial charge in [0, 0.05) is 0 Å². The molecule has 0 N–H and O–H groups in total. The van der Waals surface area contributed by atoms with Crippen molar-refractivity contribution in [2.75, 3.05) is 0 Å². The molecule has 2 saturated carbocycles. The first kappa shape index (κ1) is 38.4. The Hall–Kier alpha value is -0.426. The van der Waals surface area contributed by atoms with Crippen LogP contribution in [0.25, 0.3) is 0 Å². The zero-order chi connectivity index (χ0) is 35.1. The molecule has 6 atom stereocenters. The van der Waals surface area contributed by atoms with Crippen molar-refractivity contribution >= 4 is 16.6 Å². The molecule has 2 nitrogen and oxygen atoms in total. The maximum Gasteiger partial charge on any atom is 0.192 e. The van der Waals surface area contributed by atoms with Gasteiger partial charge in [0.1, 0.15) is 0 Å². The minimum Gasteiger partial charge on any atom is -0.413 e. The highest BCUT2D eigenvalue weighted by molar-refractivity contribution is 6.74. The molecule has 4 aliphatic carbocycles. The molecule has 0 spiro atoms. The third-order valence-corrected chi connectivity index (χ3v) is 24.5. The van der Waals surface area contributed by atoms with Gasteiger partial charge in [-0.3, -0.25) is 0 Å². The molecule has 4 rings (SSSR count). The SMILES string of the molecule is CC1=C(/C=C\C2=C(C)CC[C@H]3C(C)(C)[C@@H](O[Si](C)(C)C(C)(C)C)CC[C@]23C)[C@@]2(C)CC[C@H](O[Si](C)(C)C(C)(C)C)C(C)(C)[C@@H]2CC1. The first-order valence-corrected chi connectivity index (χ1v) is 24.9. The van der Waals surface area contributed by atoms with Gasteiger partial charge < -0.3 is 8.85 Å². The predicted octanol–water partition coefficient (Wildman–Crippen LogP) is 13.4. The van der Waals surface area contributed by atoms with E-state index in [9.17, 15) is 0 Å². The molecule has 264 valence electrons. The first-order chi connectivity index (χ1) is 20.6. The van der Waals surface area contributed by atoms with Crippen molar-refractivity contribution < 1.29 is 8.85 Å². The highest BCUT2D eigenvalue weighted by atomic mass is 28.4. The van der Waals surface area contributed by atoms with Crippen LogP contribution in [0.3, 0.4) is 0 Å². The zero-order valence-corrected chi connectivity index (χ0v) is 35.9. The molecule has 0 bridgehead atoms. The Morgan fingerprint density at radius 3 is 1.15 bits per heavy atom. The van der Waals surface area contributed by atoms with Crippen molar-refractivity contribution in [1.82, 2.24) is 0 Å². The van der Waals surface area contributed by atoms with Crippen LogP contribution in [0.2, 0.25) is 36.3 Å². The summed E-state index contributed by atoms with van der Waals surface area (Å²) in [7, 11) is -3.68. The van der Waals surface area contributed by atoms with Gasteiger partial charge in [-0.15, -0.1) is 0 Å². The van der Waals surface area contributed by atoms with Gasteiger partial charge in [0.05, 0.1) is 12.2 Å². The van der Waals surface area contributed by atoms with Crippen LogP contribution >= 0.6 is 0 Å². The summed E-state index contributed by atoms with van der Waals surface area (Å²) in [4.78, 5) is 0. The lowest BCUT2D eigenvalue weighted by Crippen LogP contribution is -2.56. The van der Waals surface area contributed by atoms with Crippen molar-refractivity contribution in [3.63, 3.8) is 0 Å². The lowest BCUT2D eigenvalue weighted by molar-refractivity contribution is -0.0809. The summed E-state index contributed by atoms with van der Waals surface area (Å²) in [6.07, 6.45) is 15.8. The number of rotatable bonds is 6. The van der Waals surface area contributed by atoms with Gasteiger partial charge in [-0.25, -0.2) is 0 Å². The van der Waals surface area contributed by atoms with Crippen LogP contribution in [0, 0.1) is 33.5 Å². The van der Waals surface area contributed by atoms with Crippen LogP contribution in [0.5, 0.6) is 0 Å². The van der Waals surface area contributed by atoms with Gasteiger partial charge >= 0.3 is 0 Å². The van der Waals surface area contributed by atoms with Crippen LogP contribution in [-0.4, -0.2) is 28.8 Å². The molecule has 0 unspecified atom stereocenters. The molecule has 4 heteroatoms. The van der Waals surface area contributed by atoms with Crippen LogP contribution in [0.15, 0.2) is 34.4 Å². The number of allylic oxidation sites excluding steroid dienone is 6. The van der Waals surface area contributed by atoms with E-state index >= 15 is 0 Å². The second kappa shape index (κ2) is 12.1. The van der Waals surface area contributed by atoms with Crippen LogP contribution in [0.4, 0.5) is 0 Å². The van der Waals surface area contributed by atoms with E-state index in [0.717, 1.165) is 0 Å². The summed E-state index contributed by atoms with van der Waals surface area (Å²) in [6, 6.07) is 0. The second-order valence-corrected chi connectivity index (χ2v) is 30.7. The summed E-state index contributed by atoms with van der Waals surface area (Å²) in [5.74, 6) is 1.27. The van der Waals surface area contributed by atoms with Gasteiger partial charge in [-0.2, -0.15) is 0 Å². The van der Waals surface area contributed by atoms with E-state index in [-0.39, 0.29) is 31.7 Å². The quantitative estimate of drug-likeness (QED) is 0.262. The van der Waals surface area contributed by atoms with Crippen LogP contribution in [-0.2, 0) is 8.85 Å². The maximum absolute atomic E-state index is 7.22. The summed E-state index contributed by atoms with van der Waals surface area (Å²) in [6.45, 7) is 44.4. The van der Waals surface area contributed by atoms with Crippen molar-refractivity contribution in [3.05, 3.63) is 34.4 Å². The van der Waals surface area contributed by atoms with E-state index in [1.165, 1.54) is 51.4 Å². The molecule has 0 aromatic heterocycles. The van der Waals surface area contributed by atoms with Crippen molar-refractivity contribution in [2.45, 2.75) is 197 Å². The molecule has 0 amide bonds. The molecule has 0 heterocycles. The van der Waals surface area contributed by atoms with Gasteiger partial charge in [-0.1, -0.05) is 106 Å². The Bertz CT molecular complexity index is 1150. The fraction of sp³-hybridized carbons (Fsp3) is 0.857. The van der Waals surface area contributed by atoms with Gasteiger partial charge in [0.15, 0.2) is 16.6 Å². The van der Waals surface area contributed by atoms with Crippen LogP contribution in [0.1, 0.15) is 148 Å². The van der Waals surface area contributed by atoms with E-state index < -0.39 is 16.6 Å². The molecule has 46 heavy (non-hydrogen) atoms. The normalized spacial score (nSPS) is 35.8. The molecule has 0 aliphatic heterocycles. The topological polar surface area (TPSA) is 18.5 Å². The molecule has 4 aliphatic rings.